The van der Waals surface area contributed by atoms with Crippen LogP contribution in [-0.2, 0) is 14.3 Å². The first-order valence-electron chi connectivity index (χ1n) is 9.23. The summed E-state index contributed by atoms with van der Waals surface area (Å²) in [7, 11) is -3.89. The van der Waals surface area contributed by atoms with Gasteiger partial charge >= 0.3 is 0 Å². The first-order valence-corrected chi connectivity index (χ1v) is 11.4. The van der Waals surface area contributed by atoms with E-state index in [4.69, 9.17) is 32.1 Å². The Labute approximate surface area is 185 Å². The Balaban J connectivity index is 1.59. The highest BCUT2D eigenvalue weighted by atomic mass is 35.5. The molecule has 154 valence electrons. The van der Waals surface area contributed by atoms with Gasteiger partial charge in [-0.05, 0) is 43.3 Å². The molecule has 0 N–H and O–H groups in total. The van der Waals surface area contributed by atoms with Crippen LogP contribution < -0.4 is 4.74 Å². The molecule has 0 radical (unpaired) electrons. The number of aryl methyl sites for hydroxylation is 1. The van der Waals surface area contributed by atoms with Crippen LogP contribution in [0.4, 0.5) is 0 Å². The normalized spacial score (nSPS) is 15.5. The maximum atomic E-state index is 12.5. The fourth-order valence-electron chi connectivity index (χ4n) is 3.17. The summed E-state index contributed by atoms with van der Waals surface area (Å²) in [6.07, 6.45) is 3.02. The van der Waals surface area contributed by atoms with Gasteiger partial charge in [-0.3, -0.25) is 4.18 Å². The van der Waals surface area contributed by atoms with Crippen LogP contribution in [0.15, 0.2) is 71.6 Å². The van der Waals surface area contributed by atoms with Gasteiger partial charge in [0.2, 0.25) is 0 Å². The van der Waals surface area contributed by atoms with Crippen molar-refractivity contribution in [2.24, 2.45) is 0 Å². The molecule has 1 aliphatic heterocycles. The van der Waals surface area contributed by atoms with Crippen molar-refractivity contribution in [2.45, 2.75) is 17.9 Å². The van der Waals surface area contributed by atoms with E-state index in [-0.39, 0.29) is 11.5 Å². The van der Waals surface area contributed by atoms with Crippen LogP contribution in [0.2, 0.25) is 10.0 Å². The number of halogens is 2. The average Bonchev–Trinajstić information content (AvgIpc) is 2.73. The SMILES string of the molecule is Cc1ccc(S(=O)(=O)OC[C@H]2C=Cc3ccc(Cl)c(-c4ccccc4Cl)c3O2)cc1. The lowest BCUT2D eigenvalue weighted by atomic mass is 9.99. The van der Waals surface area contributed by atoms with Crippen molar-refractivity contribution in [3.05, 3.63) is 87.9 Å². The monoisotopic (exact) mass is 460 g/mol. The van der Waals surface area contributed by atoms with Crippen LogP contribution in [0.25, 0.3) is 17.2 Å². The predicted molar refractivity (Wildman–Crippen MR) is 120 cm³/mol. The molecule has 1 aliphatic rings. The van der Waals surface area contributed by atoms with Crippen molar-refractivity contribution < 1.29 is 17.3 Å². The summed E-state index contributed by atoms with van der Waals surface area (Å²) in [6.45, 7) is 1.72. The molecule has 0 aromatic heterocycles. The van der Waals surface area contributed by atoms with Crippen molar-refractivity contribution >= 4 is 39.4 Å². The molecule has 3 aromatic carbocycles. The van der Waals surface area contributed by atoms with E-state index in [0.29, 0.717) is 21.4 Å². The van der Waals surface area contributed by atoms with Crippen molar-refractivity contribution in [3.63, 3.8) is 0 Å². The summed E-state index contributed by atoms with van der Waals surface area (Å²) < 4.78 is 36.3. The van der Waals surface area contributed by atoms with Gasteiger partial charge in [0.25, 0.3) is 10.1 Å². The van der Waals surface area contributed by atoms with E-state index in [0.717, 1.165) is 16.7 Å². The molecule has 4 nitrogen and oxygen atoms in total. The topological polar surface area (TPSA) is 52.6 Å². The van der Waals surface area contributed by atoms with Crippen LogP contribution >= 0.6 is 23.2 Å². The molecule has 30 heavy (non-hydrogen) atoms. The van der Waals surface area contributed by atoms with Crippen molar-refractivity contribution in [3.8, 4) is 16.9 Å². The number of benzene rings is 3. The summed E-state index contributed by atoms with van der Waals surface area (Å²) in [5.41, 5.74) is 3.19. The van der Waals surface area contributed by atoms with E-state index in [1.807, 2.05) is 37.3 Å². The Kier molecular flexibility index (Phi) is 5.89. The van der Waals surface area contributed by atoms with Crippen LogP contribution in [0.5, 0.6) is 5.75 Å². The molecule has 3 aromatic rings. The fourth-order valence-corrected chi connectivity index (χ4v) is 4.57. The number of hydrogen-bond acceptors (Lipinski definition) is 4. The number of fused-ring (bicyclic) bond motifs is 1. The minimum absolute atomic E-state index is 0.105. The lowest BCUT2D eigenvalue weighted by molar-refractivity contribution is 0.166. The van der Waals surface area contributed by atoms with Crippen LogP contribution in [-0.4, -0.2) is 21.1 Å². The Bertz CT molecular complexity index is 1220. The van der Waals surface area contributed by atoms with Crippen LogP contribution in [0, 0.1) is 6.92 Å². The van der Waals surface area contributed by atoms with Gasteiger partial charge < -0.3 is 4.74 Å². The van der Waals surface area contributed by atoms with E-state index in [2.05, 4.69) is 0 Å². The zero-order valence-electron chi connectivity index (χ0n) is 16.0. The molecule has 0 saturated carbocycles. The second-order valence-corrected chi connectivity index (χ2v) is 9.32. The summed E-state index contributed by atoms with van der Waals surface area (Å²) in [5.74, 6) is 0.541. The summed E-state index contributed by atoms with van der Waals surface area (Å²) in [6, 6.07) is 17.5. The van der Waals surface area contributed by atoms with Gasteiger partial charge in [-0.1, -0.05) is 65.2 Å². The third-order valence-corrected chi connectivity index (χ3v) is 6.68. The predicted octanol–water partition coefficient (Wildman–Crippen LogP) is 6.15. The van der Waals surface area contributed by atoms with E-state index in [1.165, 1.54) is 12.1 Å². The molecule has 0 fully saturated rings. The quantitative estimate of drug-likeness (QED) is 0.428. The van der Waals surface area contributed by atoms with Gasteiger partial charge in [-0.15, -0.1) is 0 Å². The second-order valence-electron chi connectivity index (χ2n) is 6.89. The lowest BCUT2D eigenvalue weighted by Gasteiger charge is -2.24. The molecule has 7 heteroatoms. The van der Waals surface area contributed by atoms with E-state index in [9.17, 15) is 8.42 Å². The molecule has 4 rings (SSSR count). The van der Waals surface area contributed by atoms with Gasteiger partial charge in [0.05, 0.1) is 9.92 Å². The summed E-state index contributed by atoms with van der Waals surface area (Å²) >= 11 is 12.8. The Hall–Kier alpha value is -2.31. The molecule has 0 unspecified atom stereocenters. The molecule has 0 aliphatic carbocycles. The smallest absolute Gasteiger partial charge is 0.297 e. The molecule has 1 atom stereocenters. The average molecular weight is 461 g/mol. The third kappa shape index (κ3) is 4.25. The Morgan fingerprint density at radius 2 is 1.70 bits per heavy atom. The van der Waals surface area contributed by atoms with Crippen LogP contribution in [0.1, 0.15) is 11.1 Å². The van der Waals surface area contributed by atoms with Gasteiger partial charge in [0.15, 0.2) is 0 Å². The maximum Gasteiger partial charge on any atom is 0.297 e. The summed E-state index contributed by atoms with van der Waals surface area (Å²) in [5, 5.41) is 1.03. The number of hydrogen-bond donors (Lipinski definition) is 0. The molecule has 0 amide bonds. The Morgan fingerprint density at radius 3 is 2.43 bits per heavy atom. The van der Waals surface area contributed by atoms with E-state index < -0.39 is 16.2 Å². The Morgan fingerprint density at radius 1 is 0.967 bits per heavy atom. The van der Waals surface area contributed by atoms with Gasteiger partial charge in [0, 0.05) is 21.7 Å². The summed E-state index contributed by atoms with van der Waals surface area (Å²) in [4.78, 5) is 0.105. The zero-order chi connectivity index (χ0) is 21.3. The molecule has 0 saturated heterocycles. The minimum Gasteiger partial charge on any atom is -0.483 e. The van der Waals surface area contributed by atoms with Crippen molar-refractivity contribution in [2.75, 3.05) is 6.61 Å². The molecule has 0 bridgehead atoms. The van der Waals surface area contributed by atoms with Gasteiger partial charge in [-0.25, -0.2) is 0 Å². The van der Waals surface area contributed by atoms with Crippen LogP contribution in [0.3, 0.4) is 0 Å². The first kappa shape index (κ1) is 20.9. The molecule has 1 heterocycles. The standard InChI is InChI=1S/C23H18Cl2O4S/c1-15-6-11-18(12-7-15)30(26,27)28-14-17-10-8-16-9-13-21(25)22(23(16)29-17)19-4-2-3-5-20(19)24/h2-13,17H,14H2,1H3/t17-/m1/s1. The molecular weight excluding hydrogens is 443 g/mol. The van der Waals surface area contributed by atoms with Gasteiger partial charge in [0.1, 0.15) is 18.5 Å². The largest absolute Gasteiger partial charge is 0.483 e. The first-order chi connectivity index (χ1) is 14.3. The third-order valence-electron chi connectivity index (χ3n) is 4.74. The second kappa shape index (κ2) is 8.44. The molecular formula is C23H18Cl2O4S. The maximum absolute atomic E-state index is 12.5. The van der Waals surface area contributed by atoms with E-state index >= 15 is 0 Å². The highest BCUT2D eigenvalue weighted by molar-refractivity contribution is 7.86. The van der Waals surface area contributed by atoms with Crippen molar-refractivity contribution in [1.82, 2.24) is 0 Å². The lowest BCUT2D eigenvalue weighted by Crippen LogP contribution is -2.25. The zero-order valence-corrected chi connectivity index (χ0v) is 18.3. The highest BCUT2D eigenvalue weighted by Crippen LogP contribution is 2.44. The minimum atomic E-state index is -3.89. The fraction of sp³-hybridized carbons (Fsp3) is 0.130. The van der Waals surface area contributed by atoms with Crippen molar-refractivity contribution in [1.29, 1.82) is 0 Å². The van der Waals surface area contributed by atoms with Gasteiger partial charge in [-0.2, -0.15) is 8.42 Å². The number of ether oxygens (including phenoxy) is 1. The highest BCUT2D eigenvalue weighted by Gasteiger charge is 2.24. The van der Waals surface area contributed by atoms with E-state index in [1.54, 1.807) is 30.3 Å². The molecule has 0 spiro atoms. The number of rotatable bonds is 5.